The molecular formula is C14H18ClN3S. The average molecular weight is 296 g/mol. The molecule has 2 heterocycles. The van der Waals surface area contributed by atoms with Gasteiger partial charge in [-0.05, 0) is 35.9 Å². The number of halogens is 1. The Balaban J connectivity index is 1.95. The van der Waals surface area contributed by atoms with Gasteiger partial charge in [0.25, 0.3) is 0 Å². The number of fused-ring (bicyclic) bond motifs is 1. The lowest BCUT2D eigenvalue weighted by Crippen LogP contribution is -2.32. The molecule has 2 aromatic heterocycles. The van der Waals surface area contributed by atoms with Gasteiger partial charge in [-0.15, -0.1) is 11.3 Å². The lowest BCUT2D eigenvalue weighted by atomic mass is 10.1. The normalized spacial score (nSPS) is 17.6. The quantitative estimate of drug-likeness (QED) is 0.603. The Labute approximate surface area is 122 Å². The van der Waals surface area contributed by atoms with E-state index in [1.54, 1.807) is 11.3 Å². The van der Waals surface area contributed by atoms with Crippen LogP contribution in [0.4, 0.5) is 5.82 Å². The van der Waals surface area contributed by atoms with Crippen LogP contribution < -0.4 is 4.90 Å². The summed E-state index contributed by atoms with van der Waals surface area (Å²) in [6, 6.07) is 2.68. The van der Waals surface area contributed by atoms with Crippen LogP contribution in [0.15, 0.2) is 11.4 Å². The standard InChI is InChI=1S/C14H18ClN3S/c1-18(10-6-4-2-3-5-7-10)12-11-8-9-19-13(11)17-14(15)16-12/h8-10H,2-7H2,1H3. The van der Waals surface area contributed by atoms with Gasteiger partial charge < -0.3 is 4.90 Å². The third kappa shape index (κ3) is 2.70. The smallest absolute Gasteiger partial charge is 0.225 e. The van der Waals surface area contributed by atoms with E-state index in [0.29, 0.717) is 11.3 Å². The number of rotatable bonds is 2. The van der Waals surface area contributed by atoms with Gasteiger partial charge in [0.05, 0.1) is 5.39 Å². The molecule has 102 valence electrons. The van der Waals surface area contributed by atoms with Crippen LogP contribution in [0.5, 0.6) is 0 Å². The highest BCUT2D eigenvalue weighted by Gasteiger charge is 2.21. The van der Waals surface area contributed by atoms with Gasteiger partial charge in [0.2, 0.25) is 5.28 Å². The van der Waals surface area contributed by atoms with Gasteiger partial charge in [-0.25, -0.2) is 4.98 Å². The fourth-order valence-electron chi connectivity index (χ4n) is 2.90. The van der Waals surface area contributed by atoms with Crippen LogP contribution in [-0.4, -0.2) is 23.1 Å². The van der Waals surface area contributed by atoms with E-state index in [9.17, 15) is 0 Å². The fraction of sp³-hybridized carbons (Fsp3) is 0.571. The number of hydrogen-bond acceptors (Lipinski definition) is 4. The molecule has 5 heteroatoms. The molecule has 1 aliphatic rings. The lowest BCUT2D eigenvalue weighted by molar-refractivity contribution is 0.550. The molecule has 0 unspecified atom stereocenters. The van der Waals surface area contributed by atoms with Gasteiger partial charge in [0, 0.05) is 13.1 Å². The zero-order chi connectivity index (χ0) is 13.2. The molecule has 1 saturated carbocycles. The van der Waals surface area contributed by atoms with Crippen LogP contribution in [0.3, 0.4) is 0 Å². The third-order valence-corrected chi connectivity index (χ3v) is 4.96. The number of anilines is 1. The summed E-state index contributed by atoms with van der Waals surface area (Å²) in [6.07, 6.45) is 7.88. The van der Waals surface area contributed by atoms with Crippen molar-refractivity contribution in [2.75, 3.05) is 11.9 Å². The van der Waals surface area contributed by atoms with Gasteiger partial charge in [-0.3, -0.25) is 0 Å². The topological polar surface area (TPSA) is 29.0 Å². The van der Waals surface area contributed by atoms with Crippen molar-refractivity contribution < 1.29 is 0 Å². The second kappa shape index (κ2) is 5.63. The number of aromatic nitrogens is 2. The minimum absolute atomic E-state index is 0.352. The molecule has 0 aliphatic heterocycles. The van der Waals surface area contributed by atoms with Crippen molar-refractivity contribution >= 4 is 39.0 Å². The monoisotopic (exact) mass is 295 g/mol. The molecule has 1 fully saturated rings. The molecule has 0 spiro atoms. The number of nitrogens with zero attached hydrogens (tertiary/aromatic N) is 3. The van der Waals surface area contributed by atoms with E-state index in [-0.39, 0.29) is 0 Å². The Kier molecular flexibility index (Phi) is 3.89. The summed E-state index contributed by atoms with van der Waals surface area (Å²) in [4.78, 5) is 12.1. The third-order valence-electron chi connectivity index (χ3n) is 3.98. The SMILES string of the molecule is CN(c1nc(Cl)nc2sccc12)C1CCCCCC1. The summed E-state index contributed by atoms with van der Waals surface area (Å²) in [7, 11) is 2.14. The Morgan fingerprint density at radius 1 is 1.21 bits per heavy atom. The Hall–Kier alpha value is -0.870. The second-order valence-corrected chi connectivity index (χ2v) is 6.44. The molecular weight excluding hydrogens is 278 g/mol. The van der Waals surface area contributed by atoms with E-state index in [0.717, 1.165) is 16.0 Å². The van der Waals surface area contributed by atoms with E-state index in [1.807, 2.05) is 0 Å². The van der Waals surface area contributed by atoms with E-state index in [2.05, 4.69) is 33.4 Å². The Bertz CT molecular complexity index is 561. The zero-order valence-electron chi connectivity index (χ0n) is 11.1. The van der Waals surface area contributed by atoms with Crippen molar-refractivity contribution in [3.63, 3.8) is 0 Å². The van der Waals surface area contributed by atoms with E-state index >= 15 is 0 Å². The molecule has 0 radical (unpaired) electrons. The molecule has 0 bridgehead atoms. The summed E-state index contributed by atoms with van der Waals surface area (Å²) in [5.74, 6) is 0.989. The minimum Gasteiger partial charge on any atom is -0.356 e. The Morgan fingerprint density at radius 3 is 2.68 bits per heavy atom. The van der Waals surface area contributed by atoms with Crippen molar-refractivity contribution in [1.29, 1.82) is 0 Å². The summed E-state index contributed by atoms with van der Waals surface area (Å²) in [6.45, 7) is 0. The second-order valence-electron chi connectivity index (χ2n) is 5.21. The molecule has 1 aliphatic carbocycles. The molecule has 3 nitrogen and oxygen atoms in total. The first-order chi connectivity index (χ1) is 9.25. The molecule has 3 rings (SSSR count). The van der Waals surface area contributed by atoms with Gasteiger partial charge in [0.15, 0.2) is 0 Å². The van der Waals surface area contributed by atoms with Crippen molar-refractivity contribution in [1.82, 2.24) is 9.97 Å². The van der Waals surface area contributed by atoms with Crippen LogP contribution in [0.2, 0.25) is 5.28 Å². The molecule has 0 aromatic carbocycles. The average Bonchev–Trinajstić information content (AvgIpc) is 2.70. The predicted molar refractivity (Wildman–Crippen MR) is 82.3 cm³/mol. The van der Waals surface area contributed by atoms with Crippen molar-refractivity contribution in [2.24, 2.45) is 0 Å². The van der Waals surface area contributed by atoms with Gasteiger partial charge in [-0.1, -0.05) is 25.7 Å². The van der Waals surface area contributed by atoms with E-state index < -0.39 is 0 Å². The van der Waals surface area contributed by atoms with Crippen LogP contribution in [0.25, 0.3) is 10.2 Å². The van der Waals surface area contributed by atoms with Gasteiger partial charge in [-0.2, -0.15) is 4.98 Å². The van der Waals surface area contributed by atoms with Crippen LogP contribution in [0, 0.1) is 0 Å². The van der Waals surface area contributed by atoms with Gasteiger partial charge in [0.1, 0.15) is 10.6 Å². The summed E-state index contributed by atoms with van der Waals surface area (Å²) in [5, 5.41) is 3.53. The minimum atomic E-state index is 0.352. The molecule has 0 atom stereocenters. The molecule has 0 amide bonds. The molecule has 2 aromatic rings. The first-order valence-electron chi connectivity index (χ1n) is 6.89. The first kappa shape index (κ1) is 13.1. The highest BCUT2D eigenvalue weighted by Crippen LogP contribution is 2.32. The van der Waals surface area contributed by atoms with Crippen LogP contribution in [-0.2, 0) is 0 Å². The highest BCUT2D eigenvalue weighted by atomic mass is 35.5. The number of thiophene rings is 1. The maximum atomic E-state index is 6.05. The van der Waals surface area contributed by atoms with E-state index in [1.165, 1.54) is 38.5 Å². The molecule has 0 saturated heterocycles. The number of hydrogen-bond donors (Lipinski definition) is 0. The first-order valence-corrected chi connectivity index (χ1v) is 8.15. The lowest BCUT2D eigenvalue weighted by Gasteiger charge is -2.28. The largest absolute Gasteiger partial charge is 0.356 e. The Morgan fingerprint density at radius 2 is 1.95 bits per heavy atom. The highest BCUT2D eigenvalue weighted by molar-refractivity contribution is 7.16. The fourth-order valence-corrected chi connectivity index (χ4v) is 3.87. The van der Waals surface area contributed by atoms with Crippen LogP contribution >= 0.6 is 22.9 Å². The van der Waals surface area contributed by atoms with Crippen molar-refractivity contribution in [3.8, 4) is 0 Å². The van der Waals surface area contributed by atoms with E-state index in [4.69, 9.17) is 11.6 Å². The molecule has 0 N–H and O–H groups in total. The van der Waals surface area contributed by atoms with Crippen molar-refractivity contribution in [2.45, 2.75) is 44.6 Å². The summed E-state index contributed by atoms with van der Waals surface area (Å²) < 4.78 is 0. The summed E-state index contributed by atoms with van der Waals surface area (Å²) in [5.41, 5.74) is 0. The van der Waals surface area contributed by atoms with Crippen LogP contribution in [0.1, 0.15) is 38.5 Å². The zero-order valence-corrected chi connectivity index (χ0v) is 12.7. The van der Waals surface area contributed by atoms with Crippen molar-refractivity contribution in [3.05, 3.63) is 16.7 Å². The summed E-state index contributed by atoms with van der Waals surface area (Å²) >= 11 is 7.68. The van der Waals surface area contributed by atoms with Gasteiger partial charge >= 0.3 is 0 Å². The maximum Gasteiger partial charge on any atom is 0.225 e. The molecule has 19 heavy (non-hydrogen) atoms. The predicted octanol–water partition coefficient (Wildman–Crippen LogP) is 4.50. The maximum absolute atomic E-state index is 6.05.